The van der Waals surface area contributed by atoms with Crippen LogP contribution in [0.5, 0.6) is 0 Å². The van der Waals surface area contributed by atoms with Gasteiger partial charge in [-0.25, -0.2) is 9.07 Å². The van der Waals surface area contributed by atoms with Gasteiger partial charge in [0, 0.05) is 30.9 Å². The highest BCUT2D eigenvalue weighted by atomic mass is 19.1. The smallest absolute Gasteiger partial charge is 0.271 e. The Kier molecular flexibility index (Phi) is 5.15. The van der Waals surface area contributed by atoms with Crippen molar-refractivity contribution in [2.24, 2.45) is 5.41 Å². The minimum atomic E-state index is -0.359. The monoisotopic (exact) mass is 347 g/mol. The van der Waals surface area contributed by atoms with Gasteiger partial charge >= 0.3 is 0 Å². The molecule has 0 radical (unpaired) electrons. The van der Waals surface area contributed by atoms with Gasteiger partial charge in [-0.1, -0.05) is 6.07 Å². The number of rotatable bonds is 5. The normalized spacial score (nSPS) is 16.6. The maximum atomic E-state index is 13.4. The SMILES string of the molecule is Cc1cc(C(=O)NCC2(CO)CCOCC2)nn1-c1cccc(F)c1. The Labute approximate surface area is 145 Å². The number of carbonyl (C=O) groups is 1. The second kappa shape index (κ2) is 7.33. The molecule has 0 unspecified atom stereocenters. The molecule has 0 aliphatic carbocycles. The zero-order valence-corrected chi connectivity index (χ0v) is 14.2. The Morgan fingerprint density at radius 1 is 1.40 bits per heavy atom. The molecule has 134 valence electrons. The van der Waals surface area contributed by atoms with Crippen LogP contribution < -0.4 is 5.32 Å². The molecule has 0 atom stereocenters. The number of hydrogen-bond donors (Lipinski definition) is 2. The van der Waals surface area contributed by atoms with E-state index in [1.807, 2.05) is 6.92 Å². The van der Waals surface area contributed by atoms with E-state index in [0.717, 1.165) is 5.69 Å². The molecule has 2 aromatic rings. The summed E-state index contributed by atoms with van der Waals surface area (Å²) < 4.78 is 20.3. The van der Waals surface area contributed by atoms with Gasteiger partial charge in [0.05, 0.1) is 12.3 Å². The van der Waals surface area contributed by atoms with Gasteiger partial charge in [0.15, 0.2) is 5.69 Å². The molecule has 3 rings (SSSR count). The number of hydrogen-bond acceptors (Lipinski definition) is 4. The average molecular weight is 347 g/mol. The molecule has 1 aliphatic rings. The first-order valence-electron chi connectivity index (χ1n) is 8.32. The maximum absolute atomic E-state index is 13.4. The molecule has 1 aliphatic heterocycles. The summed E-state index contributed by atoms with van der Waals surface area (Å²) in [5, 5.41) is 16.8. The van der Waals surface area contributed by atoms with Crippen LogP contribution in [0, 0.1) is 18.2 Å². The predicted molar refractivity (Wildman–Crippen MR) is 90.2 cm³/mol. The highest BCUT2D eigenvalue weighted by Gasteiger charge is 2.32. The van der Waals surface area contributed by atoms with Crippen molar-refractivity contribution < 1.29 is 19.0 Å². The fourth-order valence-corrected chi connectivity index (χ4v) is 3.01. The second-order valence-electron chi connectivity index (χ2n) is 6.52. The predicted octanol–water partition coefficient (Wildman–Crippen LogP) is 1.84. The van der Waals surface area contributed by atoms with Crippen LogP contribution >= 0.6 is 0 Å². The molecule has 7 heteroatoms. The van der Waals surface area contributed by atoms with Crippen LogP contribution in [0.1, 0.15) is 29.0 Å². The van der Waals surface area contributed by atoms with Crippen LogP contribution in [0.15, 0.2) is 30.3 Å². The number of aliphatic hydroxyl groups excluding tert-OH is 1. The summed E-state index contributed by atoms with van der Waals surface area (Å²) in [6.45, 7) is 3.36. The van der Waals surface area contributed by atoms with Gasteiger partial charge in [-0.2, -0.15) is 5.10 Å². The van der Waals surface area contributed by atoms with Gasteiger partial charge in [0.25, 0.3) is 5.91 Å². The van der Waals surface area contributed by atoms with Crippen molar-refractivity contribution in [1.82, 2.24) is 15.1 Å². The Morgan fingerprint density at radius 2 is 2.16 bits per heavy atom. The van der Waals surface area contributed by atoms with E-state index in [2.05, 4.69) is 10.4 Å². The van der Waals surface area contributed by atoms with Crippen molar-refractivity contribution in [3.05, 3.63) is 47.5 Å². The van der Waals surface area contributed by atoms with E-state index in [4.69, 9.17) is 4.74 Å². The lowest BCUT2D eigenvalue weighted by atomic mass is 9.81. The molecule has 0 spiro atoms. The molecule has 6 nitrogen and oxygen atoms in total. The third-order valence-electron chi connectivity index (χ3n) is 4.69. The van der Waals surface area contributed by atoms with Gasteiger partial charge in [-0.15, -0.1) is 0 Å². The molecular weight excluding hydrogens is 325 g/mol. The Hall–Kier alpha value is -2.25. The average Bonchev–Trinajstić information content (AvgIpc) is 3.02. The number of aryl methyl sites for hydroxylation is 1. The molecule has 1 saturated heterocycles. The van der Waals surface area contributed by atoms with Gasteiger partial charge in [0.2, 0.25) is 0 Å². The minimum Gasteiger partial charge on any atom is -0.396 e. The molecule has 0 bridgehead atoms. The fourth-order valence-electron chi connectivity index (χ4n) is 3.01. The number of aromatic nitrogens is 2. The first kappa shape index (κ1) is 17.6. The molecule has 25 heavy (non-hydrogen) atoms. The van der Waals surface area contributed by atoms with Crippen LogP contribution in [0.2, 0.25) is 0 Å². The van der Waals surface area contributed by atoms with E-state index in [9.17, 15) is 14.3 Å². The van der Waals surface area contributed by atoms with Crippen LogP contribution in [-0.2, 0) is 4.74 Å². The molecule has 1 aromatic carbocycles. The zero-order valence-electron chi connectivity index (χ0n) is 14.2. The molecule has 1 aromatic heterocycles. The third kappa shape index (κ3) is 3.88. The van der Waals surface area contributed by atoms with Crippen LogP contribution in [0.25, 0.3) is 5.69 Å². The molecule has 1 fully saturated rings. The number of nitrogens with one attached hydrogen (secondary N) is 1. The number of halogens is 1. The number of benzene rings is 1. The topological polar surface area (TPSA) is 76.4 Å². The lowest BCUT2D eigenvalue weighted by Crippen LogP contribution is -2.43. The molecular formula is C18H22FN3O3. The van der Waals surface area contributed by atoms with Crippen LogP contribution in [0.4, 0.5) is 4.39 Å². The van der Waals surface area contributed by atoms with Crippen LogP contribution in [-0.4, -0.2) is 47.2 Å². The molecule has 0 saturated carbocycles. The van der Waals surface area contributed by atoms with Crippen molar-refractivity contribution >= 4 is 5.91 Å². The lowest BCUT2D eigenvalue weighted by Gasteiger charge is -2.35. The van der Waals surface area contributed by atoms with E-state index >= 15 is 0 Å². The number of ether oxygens (including phenoxy) is 1. The minimum absolute atomic E-state index is 0.00734. The van der Waals surface area contributed by atoms with Crippen molar-refractivity contribution in [2.75, 3.05) is 26.4 Å². The summed E-state index contributed by atoms with van der Waals surface area (Å²) >= 11 is 0. The zero-order chi connectivity index (χ0) is 17.9. The van der Waals surface area contributed by atoms with E-state index < -0.39 is 0 Å². The summed E-state index contributed by atoms with van der Waals surface area (Å²) in [7, 11) is 0. The van der Waals surface area contributed by atoms with E-state index in [-0.39, 0.29) is 29.4 Å². The first-order valence-corrected chi connectivity index (χ1v) is 8.32. The van der Waals surface area contributed by atoms with Gasteiger partial charge in [-0.05, 0) is 44.0 Å². The van der Waals surface area contributed by atoms with Gasteiger partial charge in [0.1, 0.15) is 5.82 Å². The highest BCUT2D eigenvalue weighted by molar-refractivity contribution is 5.92. The summed E-state index contributed by atoms with van der Waals surface area (Å²) in [4.78, 5) is 12.4. The van der Waals surface area contributed by atoms with Crippen molar-refractivity contribution in [1.29, 1.82) is 0 Å². The Balaban J connectivity index is 1.72. The van der Waals surface area contributed by atoms with Gasteiger partial charge < -0.3 is 15.2 Å². The summed E-state index contributed by atoms with van der Waals surface area (Å²) in [5.41, 5.74) is 1.22. The second-order valence-corrected chi connectivity index (χ2v) is 6.52. The van der Waals surface area contributed by atoms with Crippen molar-refractivity contribution in [3.63, 3.8) is 0 Å². The standard InChI is InChI=1S/C18H22FN3O3/c1-13-9-16(21-22(13)15-4-2-3-14(19)10-15)17(24)20-11-18(12-23)5-7-25-8-6-18/h2-4,9-10,23H,5-8,11-12H2,1H3,(H,20,24). The van der Waals surface area contributed by atoms with Gasteiger partial charge in [-0.3, -0.25) is 4.79 Å². The largest absolute Gasteiger partial charge is 0.396 e. The molecule has 2 N–H and O–H groups in total. The first-order chi connectivity index (χ1) is 12.0. The Bertz CT molecular complexity index is 754. The summed E-state index contributed by atoms with van der Waals surface area (Å²) in [5.74, 6) is -0.666. The molecule has 2 heterocycles. The van der Waals surface area contributed by atoms with Crippen molar-refractivity contribution in [3.8, 4) is 5.69 Å². The highest BCUT2D eigenvalue weighted by Crippen LogP contribution is 2.29. The van der Waals surface area contributed by atoms with E-state index in [1.165, 1.54) is 16.8 Å². The third-order valence-corrected chi connectivity index (χ3v) is 4.69. The van der Waals surface area contributed by atoms with Crippen LogP contribution in [0.3, 0.4) is 0 Å². The number of nitrogens with zero attached hydrogens (tertiary/aromatic N) is 2. The number of amides is 1. The quantitative estimate of drug-likeness (QED) is 0.865. The Morgan fingerprint density at radius 3 is 2.84 bits per heavy atom. The summed E-state index contributed by atoms with van der Waals surface area (Å²) in [6.07, 6.45) is 1.42. The number of carbonyl (C=O) groups excluding carboxylic acids is 1. The van der Waals surface area contributed by atoms with E-state index in [1.54, 1.807) is 18.2 Å². The maximum Gasteiger partial charge on any atom is 0.271 e. The fraction of sp³-hybridized carbons (Fsp3) is 0.444. The lowest BCUT2D eigenvalue weighted by molar-refractivity contribution is -0.0146. The number of aliphatic hydroxyl groups is 1. The van der Waals surface area contributed by atoms with Crippen molar-refractivity contribution in [2.45, 2.75) is 19.8 Å². The van der Waals surface area contributed by atoms with E-state index in [0.29, 0.717) is 38.3 Å². The molecule has 1 amide bonds. The summed E-state index contributed by atoms with van der Waals surface area (Å²) in [6, 6.07) is 7.72.